The van der Waals surface area contributed by atoms with Crippen LogP contribution in [0, 0.1) is 23.2 Å². The van der Waals surface area contributed by atoms with Crippen molar-refractivity contribution in [1.82, 2.24) is 4.98 Å². The van der Waals surface area contributed by atoms with E-state index < -0.39 is 65.7 Å². The molecule has 2 heterocycles. The standard InChI is InChI=1S/C14H9F8N3O/c15-12(16)7-4-25(10(9(7)12)11(26)14(20,21)22)5-1-6(13(17,18)19)8(2-23)24-3-5/h1,3,7,9-11,26H,4H2. The number of halogens is 8. The summed E-state index contributed by atoms with van der Waals surface area (Å²) >= 11 is 0. The summed E-state index contributed by atoms with van der Waals surface area (Å²) in [4.78, 5) is 3.91. The van der Waals surface area contributed by atoms with Crippen LogP contribution in [0.25, 0.3) is 0 Å². The fraction of sp³-hybridized carbons (Fsp3) is 0.571. The summed E-state index contributed by atoms with van der Waals surface area (Å²) in [5, 5.41) is 18.2. The first-order valence-corrected chi connectivity index (χ1v) is 7.16. The molecule has 1 aliphatic heterocycles. The Bertz CT molecular complexity index is 769. The van der Waals surface area contributed by atoms with Gasteiger partial charge in [-0.3, -0.25) is 0 Å². The molecule has 4 unspecified atom stereocenters. The number of hydrogen-bond donors (Lipinski definition) is 1. The average Bonchev–Trinajstić information content (AvgIpc) is 2.89. The van der Waals surface area contributed by atoms with Crippen molar-refractivity contribution in [3.05, 3.63) is 23.5 Å². The van der Waals surface area contributed by atoms with Crippen molar-refractivity contribution in [2.75, 3.05) is 11.4 Å². The Labute approximate surface area is 140 Å². The minimum Gasteiger partial charge on any atom is -0.382 e. The molecule has 1 saturated heterocycles. The number of rotatable bonds is 2. The predicted molar refractivity (Wildman–Crippen MR) is 69.1 cm³/mol. The average molecular weight is 387 g/mol. The fourth-order valence-corrected chi connectivity index (χ4v) is 3.40. The Morgan fingerprint density at radius 2 is 1.88 bits per heavy atom. The lowest BCUT2D eigenvalue weighted by Gasteiger charge is -2.34. The molecule has 0 amide bonds. The molecule has 1 saturated carbocycles. The van der Waals surface area contributed by atoms with Crippen molar-refractivity contribution >= 4 is 5.69 Å². The summed E-state index contributed by atoms with van der Waals surface area (Å²) in [5.74, 6) is -6.76. The third-order valence-electron chi connectivity index (χ3n) is 4.66. The highest BCUT2D eigenvalue weighted by Gasteiger charge is 2.78. The van der Waals surface area contributed by atoms with Crippen LogP contribution in [0.4, 0.5) is 40.8 Å². The van der Waals surface area contributed by atoms with E-state index in [0.717, 1.165) is 0 Å². The van der Waals surface area contributed by atoms with Crippen LogP contribution >= 0.6 is 0 Å². The molecule has 4 atom stereocenters. The molecule has 3 rings (SSSR count). The second-order valence-corrected chi connectivity index (χ2v) is 6.14. The number of pyridine rings is 1. The van der Waals surface area contributed by atoms with E-state index in [4.69, 9.17) is 5.26 Å². The summed E-state index contributed by atoms with van der Waals surface area (Å²) in [5.41, 5.74) is -3.01. The van der Waals surface area contributed by atoms with Gasteiger partial charge in [0.2, 0.25) is 0 Å². The molecule has 1 N–H and O–H groups in total. The van der Waals surface area contributed by atoms with Gasteiger partial charge in [0.15, 0.2) is 11.8 Å². The summed E-state index contributed by atoms with van der Waals surface area (Å²) < 4.78 is 105. The monoisotopic (exact) mass is 387 g/mol. The summed E-state index contributed by atoms with van der Waals surface area (Å²) in [6.45, 7) is -0.666. The maximum Gasteiger partial charge on any atom is 0.419 e. The van der Waals surface area contributed by atoms with Crippen LogP contribution in [-0.2, 0) is 6.18 Å². The molecule has 1 aliphatic carbocycles. The van der Waals surface area contributed by atoms with E-state index in [1.807, 2.05) is 0 Å². The Balaban J connectivity index is 2.02. The molecular formula is C14H9F8N3O. The van der Waals surface area contributed by atoms with Crippen LogP contribution < -0.4 is 4.90 Å². The van der Waals surface area contributed by atoms with Crippen molar-refractivity contribution < 1.29 is 40.2 Å². The Morgan fingerprint density at radius 1 is 1.27 bits per heavy atom. The van der Waals surface area contributed by atoms with Gasteiger partial charge in [-0.25, -0.2) is 13.8 Å². The third-order valence-corrected chi connectivity index (χ3v) is 4.66. The lowest BCUT2D eigenvalue weighted by Crippen LogP contribution is -2.51. The molecule has 26 heavy (non-hydrogen) atoms. The number of alkyl halides is 8. The highest BCUT2D eigenvalue weighted by atomic mass is 19.4. The minimum absolute atomic E-state index is 0.380. The van der Waals surface area contributed by atoms with E-state index in [1.54, 1.807) is 0 Å². The van der Waals surface area contributed by atoms with Gasteiger partial charge in [0.05, 0.1) is 35.3 Å². The molecule has 0 spiro atoms. The van der Waals surface area contributed by atoms with E-state index in [-0.39, 0.29) is 0 Å². The van der Waals surface area contributed by atoms with Crippen LogP contribution in [0.5, 0.6) is 0 Å². The predicted octanol–water partition coefficient (Wildman–Crippen LogP) is 2.97. The first kappa shape index (κ1) is 18.6. The van der Waals surface area contributed by atoms with Gasteiger partial charge >= 0.3 is 12.4 Å². The zero-order valence-corrected chi connectivity index (χ0v) is 12.5. The molecule has 1 aromatic rings. The van der Waals surface area contributed by atoms with Gasteiger partial charge in [-0.05, 0) is 6.07 Å². The van der Waals surface area contributed by atoms with Crippen molar-refractivity contribution in [1.29, 1.82) is 5.26 Å². The van der Waals surface area contributed by atoms with Crippen LogP contribution in [0.15, 0.2) is 12.3 Å². The zero-order valence-electron chi connectivity index (χ0n) is 12.5. The second-order valence-electron chi connectivity index (χ2n) is 6.14. The van der Waals surface area contributed by atoms with Gasteiger partial charge in [-0.2, -0.15) is 31.6 Å². The van der Waals surface area contributed by atoms with E-state index in [2.05, 4.69) is 4.98 Å². The molecule has 0 radical (unpaired) electrons. The summed E-state index contributed by atoms with van der Waals surface area (Å²) in [7, 11) is 0. The summed E-state index contributed by atoms with van der Waals surface area (Å²) in [6, 6.07) is -0.558. The molecule has 0 aromatic carbocycles. The Kier molecular flexibility index (Phi) is 3.88. The van der Waals surface area contributed by atoms with Crippen molar-refractivity contribution in [3.63, 3.8) is 0 Å². The number of nitrogens with zero attached hydrogens (tertiary/aromatic N) is 3. The maximum atomic E-state index is 13.6. The van der Waals surface area contributed by atoms with Gasteiger partial charge in [0.25, 0.3) is 5.92 Å². The Morgan fingerprint density at radius 3 is 2.38 bits per heavy atom. The van der Waals surface area contributed by atoms with Crippen LogP contribution in [0.3, 0.4) is 0 Å². The number of piperidine rings is 1. The second kappa shape index (κ2) is 5.42. The lowest BCUT2D eigenvalue weighted by atomic mass is 10.0. The number of aliphatic hydroxyl groups is 1. The molecule has 12 heteroatoms. The van der Waals surface area contributed by atoms with Crippen molar-refractivity contribution in [3.8, 4) is 6.07 Å². The van der Waals surface area contributed by atoms with Crippen LogP contribution in [-0.4, -0.2) is 40.9 Å². The first-order chi connectivity index (χ1) is 11.8. The van der Waals surface area contributed by atoms with Gasteiger partial charge < -0.3 is 10.0 Å². The minimum atomic E-state index is -5.23. The lowest BCUT2D eigenvalue weighted by molar-refractivity contribution is -0.212. The number of aromatic nitrogens is 1. The quantitative estimate of drug-likeness (QED) is 0.793. The molecular weight excluding hydrogens is 378 g/mol. The number of hydrogen-bond acceptors (Lipinski definition) is 4. The van der Waals surface area contributed by atoms with E-state index in [9.17, 15) is 40.2 Å². The number of nitriles is 1. The highest BCUT2D eigenvalue weighted by Crippen LogP contribution is 2.64. The maximum absolute atomic E-state index is 13.6. The van der Waals surface area contributed by atoms with Gasteiger partial charge in [-0.15, -0.1) is 0 Å². The molecule has 0 bridgehead atoms. The van der Waals surface area contributed by atoms with Crippen LogP contribution in [0.1, 0.15) is 11.3 Å². The molecule has 2 fully saturated rings. The number of anilines is 1. The molecule has 4 nitrogen and oxygen atoms in total. The molecule has 2 aliphatic rings. The van der Waals surface area contributed by atoms with Gasteiger partial charge in [0, 0.05) is 6.54 Å². The summed E-state index contributed by atoms with van der Waals surface area (Å²) in [6.07, 6.45) is -12.7. The Hall–Kier alpha value is -2.16. The van der Waals surface area contributed by atoms with Crippen molar-refractivity contribution in [2.24, 2.45) is 11.8 Å². The number of aliphatic hydroxyl groups excluding tert-OH is 1. The number of fused-ring (bicyclic) bond motifs is 1. The fourth-order valence-electron chi connectivity index (χ4n) is 3.40. The highest BCUT2D eigenvalue weighted by molar-refractivity contribution is 5.55. The smallest absolute Gasteiger partial charge is 0.382 e. The third kappa shape index (κ3) is 2.74. The normalized spacial score (nSPS) is 28.5. The largest absolute Gasteiger partial charge is 0.419 e. The first-order valence-electron chi connectivity index (χ1n) is 7.16. The van der Waals surface area contributed by atoms with Gasteiger partial charge in [-0.1, -0.05) is 0 Å². The van der Waals surface area contributed by atoms with E-state index in [1.165, 1.54) is 6.07 Å². The topological polar surface area (TPSA) is 60.2 Å². The zero-order chi connectivity index (χ0) is 19.7. The van der Waals surface area contributed by atoms with Crippen molar-refractivity contribution in [2.45, 2.75) is 30.4 Å². The molecule has 142 valence electrons. The van der Waals surface area contributed by atoms with Gasteiger partial charge in [0.1, 0.15) is 6.07 Å². The SMILES string of the molecule is N#Cc1ncc(N2CC3C(C2C(O)C(F)(F)F)C3(F)F)cc1C(F)(F)F. The van der Waals surface area contributed by atoms with E-state index >= 15 is 0 Å². The van der Waals surface area contributed by atoms with Crippen LogP contribution in [0.2, 0.25) is 0 Å². The molecule has 1 aromatic heterocycles. The van der Waals surface area contributed by atoms with E-state index in [0.29, 0.717) is 17.2 Å².